The lowest BCUT2D eigenvalue weighted by atomic mass is 10.0. The molecule has 70 valence electrons. The van der Waals surface area contributed by atoms with Gasteiger partial charge in [-0.2, -0.15) is 0 Å². The van der Waals surface area contributed by atoms with E-state index in [2.05, 4.69) is 4.98 Å². The van der Waals surface area contributed by atoms with Crippen LogP contribution in [0.2, 0.25) is 0 Å². The van der Waals surface area contributed by atoms with Gasteiger partial charge in [-0.3, -0.25) is 4.79 Å². The van der Waals surface area contributed by atoms with E-state index in [1.165, 1.54) is 0 Å². The summed E-state index contributed by atoms with van der Waals surface area (Å²) in [5.41, 5.74) is 6.16. The average molecular weight is 180 g/mol. The van der Waals surface area contributed by atoms with Crippen LogP contribution < -0.4 is 5.73 Å². The molecule has 0 bridgehead atoms. The summed E-state index contributed by atoms with van der Waals surface area (Å²) in [6.45, 7) is -0.0284. The summed E-state index contributed by atoms with van der Waals surface area (Å²) in [5.74, 6) is 0.854. The Morgan fingerprint density at radius 1 is 1.46 bits per heavy atom. The van der Waals surface area contributed by atoms with E-state index >= 15 is 0 Å². The Kier molecular flexibility index (Phi) is 2.14. The second kappa shape index (κ2) is 3.30. The average Bonchev–Trinajstić information content (AvgIpc) is 2.59. The first-order valence-corrected chi connectivity index (χ1v) is 4.53. The molecule has 1 aromatic heterocycles. The minimum absolute atomic E-state index is 0.0284. The summed E-state index contributed by atoms with van der Waals surface area (Å²) >= 11 is 0. The number of carbonyl (C=O) groups is 1. The molecule has 0 radical (unpaired) electrons. The van der Waals surface area contributed by atoms with Gasteiger partial charge in [0.25, 0.3) is 5.89 Å². The molecule has 0 aromatic carbocycles. The van der Waals surface area contributed by atoms with E-state index in [0.717, 1.165) is 37.1 Å². The molecule has 2 N–H and O–H groups in total. The number of carbonyl (C=O) groups excluding carboxylic acids is 1. The van der Waals surface area contributed by atoms with E-state index < -0.39 is 0 Å². The Hall–Kier alpha value is -1.16. The van der Waals surface area contributed by atoms with Gasteiger partial charge in [0.1, 0.15) is 5.76 Å². The molecular weight excluding hydrogens is 168 g/mol. The second-order valence-electron chi connectivity index (χ2n) is 3.22. The molecule has 4 heteroatoms. The van der Waals surface area contributed by atoms with E-state index in [9.17, 15) is 4.79 Å². The number of hydrogen-bond acceptors (Lipinski definition) is 4. The normalized spacial score (nSPS) is 15.5. The van der Waals surface area contributed by atoms with Crippen LogP contribution in [0.1, 0.15) is 35.0 Å². The number of hydrogen-bond donors (Lipinski definition) is 1. The molecule has 0 spiro atoms. The number of ketones is 1. The highest BCUT2D eigenvalue weighted by Gasteiger charge is 2.19. The van der Waals surface area contributed by atoms with Gasteiger partial charge >= 0.3 is 0 Å². The summed E-state index contributed by atoms with van der Waals surface area (Å²) in [6.07, 6.45) is 4.09. The van der Waals surface area contributed by atoms with Gasteiger partial charge in [0.2, 0.25) is 5.78 Å². The van der Waals surface area contributed by atoms with Gasteiger partial charge in [-0.1, -0.05) is 0 Å². The molecule has 0 unspecified atom stereocenters. The van der Waals surface area contributed by atoms with Crippen LogP contribution in [-0.4, -0.2) is 17.3 Å². The maximum Gasteiger partial charge on any atom is 0.264 e. The third-order valence-corrected chi connectivity index (χ3v) is 2.27. The molecule has 13 heavy (non-hydrogen) atoms. The second-order valence-corrected chi connectivity index (χ2v) is 3.22. The third-order valence-electron chi connectivity index (χ3n) is 2.27. The molecular formula is C9H12N2O2. The summed E-state index contributed by atoms with van der Waals surface area (Å²) in [5, 5.41) is 0. The van der Waals surface area contributed by atoms with E-state index in [1.54, 1.807) is 0 Å². The molecule has 0 atom stereocenters. The molecule has 0 fully saturated rings. The lowest BCUT2D eigenvalue weighted by molar-refractivity contribution is 0.0967. The number of rotatable bonds is 2. The number of nitrogens with two attached hydrogens (primary N) is 1. The van der Waals surface area contributed by atoms with Gasteiger partial charge in [-0.05, 0) is 19.3 Å². The van der Waals surface area contributed by atoms with Crippen LogP contribution in [-0.2, 0) is 12.8 Å². The minimum atomic E-state index is -0.214. The van der Waals surface area contributed by atoms with E-state index in [1.807, 2.05) is 0 Å². The molecule has 4 nitrogen and oxygen atoms in total. The zero-order valence-corrected chi connectivity index (χ0v) is 7.38. The van der Waals surface area contributed by atoms with Crippen molar-refractivity contribution in [2.45, 2.75) is 25.7 Å². The van der Waals surface area contributed by atoms with Gasteiger partial charge in [-0.15, -0.1) is 0 Å². The van der Waals surface area contributed by atoms with Gasteiger partial charge in [0.15, 0.2) is 0 Å². The molecule has 0 amide bonds. The van der Waals surface area contributed by atoms with Gasteiger partial charge < -0.3 is 10.2 Å². The van der Waals surface area contributed by atoms with E-state index in [-0.39, 0.29) is 18.2 Å². The molecule has 0 aliphatic heterocycles. The lowest BCUT2D eigenvalue weighted by Crippen LogP contribution is -2.13. The highest BCUT2D eigenvalue weighted by Crippen LogP contribution is 2.21. The fourth-order valence-corrected chi connectivity index (χ4v) is 1.56. The lowest BCUT2D eigenvalue weighted by Gasteiger charge is -2.05. The van der Waals surface area contributed by atoms with Crippen LogP contribution in [0.25, 0.3) is 0 Å². The van der Waals surface area contributed by atoms with Crippen molar-refractivity contribution >= 4 is 5.78 Å². The first kappa shape index (κ1) is 8.44. The Bertz CT molecular complexity index is 307. The minimum Gasteiger partial charge on any atom is -0.439 e. The van der Waals surface area contributed by atoms with Gasteiger partial charge in [-0.25, -0.2) is 4.98 Å². The van der Waals surface area contributed by atoms with Crippen LogP contribution in [0.15, 0.2) is 4.42 Å². The zero-order chi connectivity index (χ0) is 9.26. The molecule has 1 aliphatic rings. The van der Waals surface area contributed by atoms with Gasteiger partial charge in [0, 0.05) is 6.42 Å². The van der Waals surface area contributed by atoms with Crippen molar-refractivity contribution in [3.8, 4) is 0 Å². The fourth-order valence-electron chi connectivity index (χ4n) is 1.56. The van der Waals surface area contributed by atoms with Crippen LogP contribution in [0.5, 0.6) is 0 Å². The molecule has 1 heterocycles. The first-order chi connectivity index (χ1) is 6.31. The summed E-state index contributed by atoms with van der Waals surface area (Å²) < 4.78 is 5.32. The Morgan fingerprint density at radius 3 is 2.92 bits per heavy atom. The van der Waals surface area contributed by atoms with Crippen molar-refractivity contribution in [3.05, 3.63) is 17.3 Å². The maximum absolute atomic E-state index is 11.1. The van der Waals surface area contributed by atoms with Crippen molar-refractivity contribution < 1.29 is 9.21 Å². The summed E-state index contributed by atoms with van der Waals surface area (Å²) in [6, 6.07) is 0. The number of aromatic nitrogens is 1. The number of nitrogens with zero attached hydrogens (tertiary/aromatic N) is 1. The van der Waals surface area contributed by atoms with Crippen molar-refractivity contribution in [3.63, 3.8) is 0 Å². The Labute approximate surface area is 76.1 Å². The fraction of sp³-hybridized carbons (Fsp3) is 0.556. The summed E-state index contributed by atoms with van der Waals surface area (Å²) in [7, 11) is 0. The molecule has 1 aliphatic carbocycles. The zero-order valence-electron chi connectivity index (χ0n) is 7.38. The van der Waals surface area contributed by atoms with Gasteiger partial charge in [0.05, 0.1) is 12.2 Å². The molecule has 1 aromatic rings. The Morgan fingerprint density at radius 2 is 2.23 bits per heavy atom. The summed E-state index contributed by atoms with van der Waals surface area (Å²) in [4.78, 5) is 15.3. The predicted octanol–water partition coefficient (Wildman–Crippen LogP) is 0.695. The quantitative estimate of drug-likeness (QED) is 0.680. The van der Waals surface area contributed by atoms with Crippen molar-refractivity contribution in [1.29, 1.82) is 0 Å². The van der Waals surface area contributed by atoms with E-state index in [0.29, 0.717) is 0 Å². The van der Waals surface area contributed by atoms with Crippen LogP contribution in [0.4, 0.5) is 0 Å². The number of oxazole rings is 1. The molecule has 0 saturated carbocycles. The van der Waals surface area contributed by atoms with Crippen LogP contribution in [0.3, 0.4) is 0 Å². The maximum atomic E-state index is 11.1. The number of aryl methyl sites for hydroxylation is 2. The first-order valence-electron chi connectivity index (χ1n) is 4.53. The van der Waals surface area contributed by atoms with Crippen molar-refractivity contribution in [2.75, 3.05) is 6.54 Å². The smallest absolute Gasteiger partial charge is 0.264 e. The molecule has 2 rings (SSSR count). The third kappa shape index (κ3) is 1.49. The monoisotopic (exact) mass is 180 g/mol. The van der Waals surface area contributed by atoms with Crippen molar-refractivity contribution in [1.82, 2.24) is 4.98 Å². The molecule has 0 saturated heterocycles. The highest BCUT2D eigenvalue weighted by molar-refractivity contribution is 5.93. The number of fused-ring (bicyclic) bond motifs is 1. The van der Waals surface area contributed by atoms with Crippen LogP contribution in [0, 0.1) is 0 Å². The number of Topliss-reactive ketones (excluding diaryl/α,β-unsaturated/α-hetero) is 1. The Balaban J connectivity index is 2.30. The predicted molar refractivity (Wildman–Crippen MR) is 46.5 cm³/mol. The standard InChI is InChI=1S/C9H12N2O2/c10-5-7(12)9-11-6-3-1-2-4-8(6)13-9/h1-5,10H2. The highest BCUT2D eigenvalue weighted by atomic mass is 16.4. The SMILES string of the molecule is NCC(=O)c1nc2c(o1)CCCC2. The van der Waals surface area contributed by atoms with Crippen molar-refractivity contribution in [2.24, 2.45) is 5.73 Å². The largest absolute Gasteiger partial charge is 0.439 e. The van der Waals surface area contributed by atoms with Crippen LogP contribution >= 0.6 is 0 Å². The topological polar surface area (TPSA) is 69.1 Å². The van der Waals surface area contributed by atoms with E-state index in [4.69, 9.17) is 10.2 Å².